The molecule has 4 nitrogen and oxygen atoms in total. The van der Waals surface area contributed by atoms with E-state index in [2.05, 4.69) is 97.0 Å². The van der Waals surface area contributed by atoms with Crippen LogP contribution in [0.2, 0.25) is 0 Å². The maximum Gasteiger partial charge on any atom is 0.526 e. The van der Waals surface area contributed by atoms with E-state index in [1.165, 1.54) is 22.3 Å². The Morgan fingerprint density at radius 1 is 0.362 bits per heavy atom. The zero-order chi connectivity index (χ0) is 57.3. The Morgan fingerprint density at radius 2 is 0.525 bits per heavy atom. The van der Waals surface area contributed by atoms with E-state index in [1.54, 1.807) is 10.7 Å². The summed E-state index contributed by atoms with van der Waals surface area (Å²) in [6.07, 6.45) is -74.7. The summed E-state index contributed by atoms with van der Waals surface area (Å²) in [5.41, 5.74) is -3.23. The third-order valence-electron chi connectivity index (χ3n) is 9.62. The van der Waals surface area contributed by atoms with E-state index >= 15 is 0 Å². The second-order valence-electron chi connectivity index (χ2n) is 16.9. The first-order chi connectivity index (χ1) is 30.9. The molecule has 2 rings (SSSR count). The van der Waals surface area contributed by atoms with Crippen LogP contribution in [0.15, 0.2) is 48.5 Å². The normalized spacial score (nSPS) is 12.9. The van der Waals surface area contributed by atoms with Crippen LogP contribution in [0.3, 0.4) is 0 Å². The van der Waals surface area contributed by atoms with Gasteiger partial charge in [0.1, 0.15) is 0 Å². The second-order valence-corrected chi connectivity index (χ2v) is 20.4. The van der Waals surface area contributed by atoms with Gasteiger partial charge in [-0.3, -0.25) is 42.3 Å². The highest BCUT2D eigenvalue weighted by atomic mass is 27.3. The number of hydrogen-bond acceptors (Lipinski definition) is 4. The summed E-state index contributed by atoms with van der Waals surface area (Å²) in [5, 5.41) is 0. The minimum atomic E-state index is -11.8. The number of halogens is 36. The van der Waals surface area contributed by atoms with Gasteiger partial charge in [0.25, 0.3) is 0 Å². The van der Waals surface area contributed by atoms with E-state index in [4.69, 9.17) is 0 Å². The van der Waals surface area contributed by atoms with E-state index in [0.29, 0.717) is 0 Å². The Kier molecular flexibility index (Phi) is 37.9. The lowest BCUT2D eigenvalue weighted by atomic mass is 9.85. The SMILES string of the molecule is CC(C)(C)c1ccc(Cc2ccc(C(C)(C)C)cc2)cc1.F.F.F.F.F.F.F.F.F.O=[C](C(C(F)(F)F)C(F)(F)F)[Al-]([O]C(C(F)(F)F)(C(F)(F)F)C(F)(F)F)([C](=O)C(C(F)(F)F)C(F)(F)F)[C](=O)C(C(F)(F)F)C(F)(F)F.[CH2+]C. The summed E-state index contributed by atoms with van der Waals surface area (Å²) in [6.45, 7) is 18.5. The highest BCUT2D eigenvalue weighted by molar-refractivity contribution is 7.37. The van der Waals surface area contributed by atoms with Crippen LogP contribution in [0, 0.1) is 24.7 Å². The molecule has 0 N–H and O–H groups in total. The van der Waals surface area contributed by atoms with Crippen molar-refractivity contribution in [1.82, 2.24) is 0 Å². The molecule has 480 valence electrons. The highest BCUT2D eigenvalue weighted by Gasteiger charge is 2.88. The Hall–Kier alpha value is -4.71. The molecule has 0 saturated carbocycles. The van der Waals surface area contributed by atoms with Crippen LogP contribution in [-0.2, 0) is 35.4 Å². The molecule has 0 saturated heterocycles. The maximum atomic E-state index is 13.5. The summed E-state index contributed by atoms with van der Waals surface area (Å²) in [7, 11) is 0. The first kappa shape index (κ1) is 97.5. The topological polar surface area (TPSA) is 60.4 Å². The average molecular weight is 1290 g/mol. The van der Waals surface area contributed by atoms with Crippen molar-refractivity contribution in [3.63, 3.8) is 0 Å². The number of carbonyl (C=O) groups is 3. The zero-order valence-electron chi connectivity index (χ0n) is 40.4. The molecule has 0 bridgehead atoms. The molecule has 2 aromatic carbocycles. The van der Waals surface area contributed by atoms with Gasteiger partial charge in [0.15, 0.2) is 17.8 Å². The molecule has 0 aliphatic heterocycles. The van der Waals surface area contributed by atoms with E-state index in [-0.39, 0.29) is 53.2 Å². The van der Waals surface area contributed by atoms with Crippen molar-refractivity contribution in [2.75, 3.05) is 0 Å². The van der Waals surface area contributed by atoms with Crippen LogP contribution in [-0.4, -0.2) is 88.5 Å². The van der Waals surface area contributed by atoms with Crippen molar-refractivity contribution in [3.8, 4) is 0 Å². The lowest BCUT2D eigenvalue weighted by molar-refractivity contribution is -0.439. The van der Waals surface area contributed by atoms with Gasteiger partial charge in [-0.05, 0) is 39.5 Å². The number of carbonyl (C=O) groups excluding carboxylic acids is 3. The fourth-order valence-electron chi connectivity index (χ4n) is 6.25. The van der Waals surface area contributed by atoms with Crippen molar-refractivity contribution in [2.24, 2.45) is 17.8 Å². The Labute approximate surface area is 428 Å². The van der Waals surface area contributed by atoms with Crippen LogP contribution in [0.4, 0.5) is 161 Å². The number of rotatable bonds is 10. The van der Waals surface area contributed by atoms with Crippen LogP contribution >= 0.6 is 0 Å². The van der Waals surface area contributed by atoms with E-state index in [9.17, 15) is 133 Å². The van der Waals surface area contributed by atoms with Crippen LogP contribution in [0.1, 0.15) is 70.7 Å². The fraction of sp³-hybridized carbons (Fsp3) is 0.590. The standard InChI is InChI=1S/C21H28.C4F9O.3C4HF6O.C2H5.Al.9FH/c1-20(2,3)18-11-7-16(8-12-18)15-17-9-13-19(14-10-17)21(4,5)6;5-2(6,7)1(14,3(8,9)10)4(11,12)13;3*5-3(6,7)2(1-11)4(8,9)10;1-2;;;;;;;;;;/h7-14H,15H2,1-6H3;;3*2H;1H2,2H3;;9*1H/q;-1;;;;+1;;;;;;;;;;. The van der Waals surface area contributed by atoms with Crippen molar-refractivity contribution in [3.05, 3.63) is 77.7 Å². The van der Waals surface area contributed by atoms with E-state index in [0.717, 1.165) is 6.42 Å². The van der Waals surface area contributed by atoms with Gasteiger partial charge in [0, 0.05) is 13.9 Å². The monoisotopic (exact) mass is 1290 g/mol. The average Bonchev–Trinajstić information content (AvgIpc) is 3.07. The van der Waals surface area contributed by atoms with Gasteiger partial charge in [-0.2, -0.15) is 119 Å². The van der Waals surface area contributed by atoms with E-state index in [1.807, 2.05) is 0 Å². The number of alkyl halides is 27. The third kappa shape index (κ3) is 22.6. The summed E-state index contributed by atoms with van der Waals surface area (Å²) in [4.78, 5) is 37.2. The smallest absolute Gasteiger partial charge is 0.526 e. The van der Waals surface area contributed by atoms with Gasteiger partial charge < -0.3 is 18.2 Å². The van der Waals surface area contributed by atoms with Crippen LogP contribution in [0.5, 0.6) is 0 Å². The highest BCUT2D eigenvalue weighted by Crippen LogP contribution is 2.59. The molecule has 0 amide bonds. The maximum absolute atomic E-state index is 13.5. The third-order valence-corrected chi connectivity index (χ3v) is 13.7. The minimum Gasteiger partial charge on any atom is -0.619 e. The lowest BCUT2D eigenvalue weighted by Gasteiger charge is -2.50. The molecule has 0 aromatic heterocycles. The van der Waals surface area contributed by atoms with Crippen molar-refractivity contribution < 1.29 is 179 Å². The zero-order valence-corrected chi connectivity index (χ0v) is 41.5. The van der Waals surface area contributed by atoms with Gasteiger partial charge >= 0.3 is 74.6 Å². The van der Waals surface area contributed by atoms with Crippen LogP contribution in [0.25, 0.3) is 0 Å². The van der Waals surface area contributed by atoms with Crippen molar-refractivity contribution >= 4 is 27.3 Å². The molecule has 0 aliphatic rings. The second kappa shape index (κ2) is 31.1. The van der Waals surface area contributed by atoms with Gasteiger partial charge in [-0.15, -0.1) is 0 Å². The molecule has 0 heterocycles. The Morgan fingerprint density at radius 3 is 0.650 bits per heavy atom. The summed E-state index contributed by atoms with van der Waals surface area (Å²) < 4.78 is 344. The van der Waals surface area contributed by atoms with Crippen molar-refractivity contribution in [2.45, 2.75) is 127 Å². The molecule has 0 unspecified atom stereocenters. The summed E-state index contributed by atoms with van der Waals surface area (Å²) >= 11 is -11.8. The van der Waals surface area contributed by atoms with Gasteiger partial charge in [0.2, 0.25) is 0 Å². The summed E-state index contributed by atoms with van der Waals surface area (Å²) in [6, 6.07) is 18.1. The molecule has 80 heavy (non-hydrogen) atoms. The quantitative estimate of drug-likeness (QED) is 0.135. The summed E-state index contributed by atoms with van der Waals surface area (Å²) in [5.74, 6) is -21.5. The lowest BCUT2D eigenvalue weighted by Crippen LogP contribution is -2.80. The molecular formula is C39H45AlF36O4. The number of benzene rings is 2. The molecule has 0 aliphatic carbocycles. The molecule has 0 radical (unpaired) electrons. The molecular weight excluding hydrogens is 1240 g/mol. The molecule has 2 aromatic rings. The predicted molar refractivity (Wildman–Crippen MR) is 216 cm³/mol. The first-order valence-electron chi connectivity index (χ1n) is 18.9. The largest absolute Gasteiger partial charge is 0.619 e. The van der Waals surface area contributed by atoms with E-state index < -0.39 is 106 Å². The van der Waals surface area contributed by atoms with Gasteiger partial charge in [-0.1, -0.05) is 90.1 Å². The van der Waals surface area contributed by atoms with Crippen molar-refractivity contribution in [1.29, 1.82) is 0 Å². The Bertz CT molecular complexity index is 1850. The fourth-order valence-corrected chi connectivity index (χ4v) is 10.9. The molecule has 0 spiro atoms. The molecule has 0 atom stereocenters. The minimum absolute atomic E-state index is 0. The Balaban J connectivity index is -0.000000162. The predicted octanol–water partition coefficient (Wildman–Crippen LogP) is 16.0. The van der Waals surface area contributed by atoms with Gasteiger partial charge in [0.05, 0.1) is 13.8 Å². The van der Waals surface area contributed by atoms with Crippen LogP contribution < -0.4 is 0 Å². The molecule has 0 fully saturated rings. The number of hydrogen-bond donors (Lipinski definition) is 0. The van der Waals surface area contributed by atoms with Gasteiger partial charge in [-0.25, -0.2) is 0 Å². The molecule has 41 heteroatoms. The first-order valence-corrected chi connectivity index (χ1v) is 21.1.